The van der Waals surface area contributed by atoms with Crippen molar-refractivity contribution in [3.05, 3.63) is 23.9 Å². The Labute approximate surface area is 110 Å². The van der Waals surface area contributed by atoms with Gasteiger partial charge in [0, 0.05) is 18.3 Å². The topological polar surface area (TPSA) is 48.1 Å². The maximum atomic E-state index is 5.79. The molecule has 1 aliphatic carbocycles. The second-order valence-electron chi connectivity index (χ2n) is 5.67. The molecule has 1 heterocycles. The summed E-state index contributed by atoms with van der Waals surface area (Å²) in [5.41, 5.74) is 6.84. The monoisotopic (exact) mass is 248 g/mol. The van der Waals surface area contributed by atoms with E-state index in [1.165, 1.54) is 25.7 Å². The summed E-state index contributed by atoms with van der Waals surface area (Å²) in [6.07, 6.45) is 7.10. The number of nitrogens with two attached hydrogens (primary N) is 1. The third-order valence-electron chi connectivity index (χ3n) is 3.80. The molecule has 1 aromatic heterocycles. The first kappa shape index (κ1) is 13.3. The van der Waals surface area contributed by atoms with Gasteiger partial charge in [-0.15, -0.1) is 0 Å². The molecule has 100 valence electrons. The van der Waals surface area contributed by atoms with Crippen LogP contribution in [0, 0.1) is 11.8 Å². The van der Waals surface area contributed by atoms with Gasteiger partial charge in [0.1, 0.15) is 0 Å². The van der Waals surface area contributed by atoms with E-state index in [0.29, 0.717) is 5.92 Å². The highest BCUT2D eigenvalue weighted by molar-refractivity contribution is 5.19. The van der Waals surface area contributed by atoms with Gasteiger partial charge in [-0.3, -0.25) is 0 Å². The van der Waals surface area contributed by atoms with E-state index >= 15 is 0 Å². The van der Waals surface area contributed by atoms with Crippen molar-refractivity contribution < 1.29 is 4.74 Å². The third kappa shape index (κ3) is 3.70. The fourth-order valence-corrected chi connectivity index (χ4v) is 2.66. The summed E-state index contributed by atoms with van der Waals surface area (Å²) in [6.45, 7) is 5.09. The summed E-state index contributed by atoms with van der Waals surface area (Å²) >= 11 is 0. The molecule has 0 bridgehead atoms. The fraction of sp³-hybridized carbons (Fsp3) is 0.667. The Kier molecular flexibility index (Phi) is 4.59. The first-order valence-electron chi connectivity index (χ1n) is 6.99. The molecule has 0 saturated heterocycles. The summed E-state index contributed by atoms with van der Waals surface area (Å²) in [6, 6.07) is 3.95. The number of ether oxygens (including phenoxy) is 1. The van der Waals surface area contributed by atoms with Crippen LogP contribution in [-0.2, 0) is 0 Å². The van der Waals surface area contributed by atoms with E-state index in [-0.39, 0.29) is 6.04 Å². The summed E-state index contributed by atoms with van der Waals surface area (Å²) < 4.78 is 5.78. The molecule has 1 saturated carbocycles. The van der Waals surface area contributed by atoms with Gasteiger partial charge < -0.3 is 10.5 Å². The van der Waals surface area contributed by atoms with Crippen LogP contribution in [0.2, 0.25) is 0 Å². The van der Waals surface area contributed by atoms with Crippen molar-refractivity contribution in [3.63, 3.8) is 0 Å². The molecule has 2 rings (SSSR count). The lowest BCUT2D eigenvalue weighted by atomic mass is 9.83. The predicted molar refractivity (Wildman–Crippen MR) is 73.5 cm³/mol. The van der Waals surface area contributed by atoms with E-state index in [1.807, 2.05) is 25.3 Å². The van der Waals surface area contributed by atoms with Crippen molar-refractivity contribution in [3.8, 4) is 5.88 Å². The van der Waals surface area contributed by atoms with Gasteiger partial charge in [-0.1, -0.05) is 25.8 Å². The smallest absolute Gasteiger partial charge is 0.213 e. The molecule has 1 aliphatic rings. The lowest BCUT2D eigenvalue weighted by Crippen LogP contribution is -2.20. The third-order valence-corrected chi connectivity index (χ3v) is 3.80. The number of hydrogen-bond acceptors (Lipinski definition) is 3. The Morgan fingerprint density at radius 1 is 1.44 bits per heavy atom. The predicted octanol–water partition coefficient (Wildman–Crippen LogP) is 3.31. The molecular formula is C15H24N2O. The second-order valence-corrected chi connectivity index (χ2v) is 5.67. The fourth-order valence-electron chi connectivity index (χ4n) is 2.66. The zero-order chi connectivity index (χ0) is 13.0. The van der Waals surface area contributed by atoms with Crippen LogP contribution < -0.4 is 10.5 Å². The standard InChI is InChI=1S/C15H24N2O/c1-11-4-3-5-13(8-11)10-18-15-7-6-14(9-17-15)12(2)16/h6-7,9,11-13H,3-5,8,10,16H2,1-2H3/t11?,12-,13?/m1/s1. The van der Waals surface area contributed by atoms with Gasteiger partial charge in [-0.05, 0) is 37.2 Å². The maximum absolute atomic E-state index is 5.79. The molecule has 0 aliphatic heterocycles. The highest BCUT2D eigenvalue weighted by Crippen LogP contribution is 2.28. The molecule has 2 unspecified atom stereocenters. The quantitative estimate of drug-likeness (QED) is 0.889. The minimum atomic E-state index is 0.0331. The first-order valence-corrected chi connectivity index (χ1v) is 6.99. The van der Waals surface area contributed by atoms with E-state index in [0.717, 1.165) is 24.0 Å². The van der Waals surface area contributed by atoms with Crippen molar-refractivity contribution in [1.82, 2.24) is 4.98 Å². The van der Waals surface area contributed by atoms with Crippen molar-refractivity contribution in [2.75, 3.05) is 6.61 Å². The van der Waals surface area contributed by atoms with E-state index in [1.54, 1.807) is 0 Å². The molecule has 0 spiro atoms. The summed E-state index contributed by atoms with van der Waals surface area (Å²) in [7, 11) is 0. The normalized spacial score (nSPS) is 25.7. The van der Waals surface area contributed by atoms with Gasteiger partial charge in [-0.25, -0.2) is 4.98 Å². The van der Waals surface area contributed by atoms with Crippen LogP contribution in [0.25, 0.3) is 0 Å². The van der Waals surface area contributed by atoms with Crippen LogP contribution in [0.5, 0.6) is 5.88 Å². The van der Waals surface area contributed by atoms with E-state index in [9.17, 15) is 0 Å². The Morgan fingerprint density at radius 2 is 2.28 bits per heavy atom. The Bertz CT molecular complexity index is 361. The van der Waals surface area contributed by atoms with Gasteiger partial charge in [-0.2, -0.15) is 0 Å². The van der Waals surface area contributed by atoms with Crippen LogP contribution in [0.4, 0.5) is 0 Å². The highest BCUT2D eigenvalue weighted by atomic mass is 16.5. The molecule has 0 radical (unpaired) electrons. The van der Waals surface area contributed by atoms with Gasteiger partial charge in [0.15, 0.2) is 0 Å². The average Bonchev–Trinajstić information content (AvgIpc) is 2.37. The van der Waals surface area contributed by atoms with Gasteiger partial charge >= 0.3 is 0 Å². The van der Waals surface area contributed by atoms with Crippen LogP contribution in [-0.4, -0.2) is 11.6 Å². The summed E-state index contributed by atoms with van der Waals surface area (Å²) in [4.78, 5) is 4.30. The highest BCUT2D eigenvalue weighted by Gasteiger charge is 2.19. The lowest BCUT2D eigenvalue weighted by molar-refractivity contribution is 0.177. The van der Waals surface area contributed by atoms with Crippen molar-refractivity contribution in [2.24, 2.45) is 17.6 Å². The number of hydrogen-bond donors (Lipinski definition) is 1. The molecule has 0 amide bonds. The average molecular weight is 248 g/mol. The molecule has 18 heavy (non-hydrogen) atoms. The van der Waals surface area contributed by atoms with Crippen LogP contribution in [0.3, 0.4) is 0 Å². The van der Waals surface area contributed by atoms with Crippen molar-refractivity contribution >= 4 is 0 Å². The molecule has 3 heteroatoms. The van der Waals surface area contributed by atoms with Crippen LogP contribution >= 0.6 is 0 Å². The second kappa shape index (κ2) is 6.19. The largest absolute Gasteiger partial charge is 0.477 e. The number of pyridine rings is 1. The van der Waals surface area contributed by atoms with E-state index in [2.05, 4.69) is 11.9 Å². The Balaban J connectivity index is 1.82. The number of rotatable bonds is 4. The zero-order valence-corrected chi connectivity index (χ0v) is 11.4. The molecule has 0 aromatic carbocycles. The number of nitrogens with zero attached hydrogens (tertiary/aromatic N) is 1. The summed E-state index contributed by atoms with van der Waals surface area (Å²) in [5.74, 6) is 2.27. The molecule has 1 aromatic rings. The molecule has 2 N–H and O–H groups in total. The van der Waals surface area contributed by atoms with Gasteiger partial charge in [0.05, 0.1) is 6.61 Å². The van der Waals surface area contributed by atoms with Crippen molar-refractivity contribution in [1.29, 1.82) is 0 Å². The van der Waals surface area contributed by atoms with Gasteiger partial charge in [0.2, 0.25) is 5.88 Å². The molecule has 1 fully saturated rings. The Hall–Kier alpha value is -1.09. The zero-order valence-electron chi connectivity index (χ0n) is 11.4. The number of aromatic nitrogens is 1. The van der Waals surface area contributed by atoms with Crippen LogP contribution in [0.15, 0.2) is 18.3 Å². The molecule has 3 atom stereocenters. The molecule has 3 nitrogen and oxygen atoms in total. The minimum Gasteiger partial charge on any atom is -0.477 e. The van der Waals surface area contributed by atoms with Gasteiger partial charge in [0.25, 0.3) is 0 Å². The van der Waals surface area contributed by atoms with E-state index < -0.39 is 0 Å². The maximum Gasteiger partial charge on any atom is 0.213 e. The lowest BCUT2D eigenvalue weighted by Gasteiger charge is -2.26. The van der Waals surface area contributed by atoms with Crippen molar-refractivity contribution in [2.45, 2.75) is 45.6 Å². The minimum absolute atomic E-state index is 0.0331. The SMILES string of the molecule is CC1CCCC(COc2ccc([C@@H](C)N)cn2)C1. The van der Waals surface area contributed by atoms with Crippen LogP contribution in [0.1, 0.15) is 51.1 Å². The summed E-state index contributed by atoms with van der Waals surface area (Å²) in [5, 5.41) is 0. The first-order chi connectivity index (χ1) is 8.65. The molecular weight excluding hydrogens is 224 g/mol. The van der Waals surface area contributed by atoms with E-state index in [4.69, 9.17) is 10.5 Å². The Morgan fingerprint density at radius 3 is 2.89 bits per heavy atom.